The fourth-order valence-corrected chi connectivity index (χ4v) is 3.17. The average molecular weight is 269 g/mol. The lowest BCUT2D eigenvalue weighted by atomic mass is 9.78. The maximum atomic E-state index is 10.5. The van der Waals surface area contributed by atoms with Crippen molar-refractivity contribution in [3.8, 4) is 5.75 Å². The van der Waals surface area contributed by atoms with Crippen molar-refractivity contribution in [3.05, 3.63) is 28.8 Å². The number of benzene rings is 1. The molecule has 1 aromatic carbocycles. The summed E-state index contributed by atoms with van der Waals surface area (Å²) in [5.41, 5.74) is 0.903. The van der Waals surface area contributed by atoms with Crippen LogP contribution in [0, 0.1) is 11.8 Å². The first-order valence-electron chi connectivity index (χ1n) is 6.63. The van der Waals surface area contributed by atoms with Crippen molar-refractivity contribution >= 4 is 11.6 Å². The van der Waals surface area contributed by atoms with E-state index in [1.807, 2.05) is 18.2 Å². The Hall–Kier alpha value is -0.730. The minimum absolute atomic E-state index is 0.359. The van der Waals surface area contributed by atoms with Gasteiger partial charge in [-0.2, -0.15) is 0 Å². The molecule has 0 amide bonds. The van der Waals surface area contributed by atoms with Crippen LogP contribution in [0.2, 0.25) is 5.02 Å². The third kappa shape index (κ3) is 2.99. The number of ether oxygens (including phenoxy) is 1. The second kappa shape index (κ2) is 5.94. The zero-order valence-electron chi connectivity index (χ0n) is 11.0. The van der Waals surface area contributed by atoms with Gasteiger partial charge in [0.2, 0.25) is 0 Å². The second-order valence-corrected chi connectivity index (χ2v) is 5.78. The normalized spacial score (nSPS) is 25.8. The second-order valence-electron chi connectivity index (χ2n) is 5.37. The highest BCUT2D eigenvalue weighted by Crippen LogP contribution is 2.38. The highest BCUT2D eigenvalue weighted by Gasteiger charge is 2.26. The summed E-state index contributed by atoms with van der Waals surface area (Å²) in [7, 11) is 1.60. The predicted molar refractivity (Wildman–Crippen MR) is 74.1 cm³/mol. The molecule has 1 saturated carbocycles. The molecule has 3 atom stereocenters. The summed E-state index contributed by atoms with van der Waals surface area (Å²) >= 11 is 6.11. The molecule has 1 aliphatic rings. The number of hydrogen-bond acceptors (Lipinski definition) is 2. The maximum Gasteiger partial charge on any atom is 0.137 e. The molecule has 100 valence electrons. The van der Waals surface area contributed by atoms with Crippen LogP contribution in [-0.2, 0) is 0 Å². The van der Waals surface area contributed by atoms with Crippen LogP contribution < -0.4 is 4.74 Å². The van der Waals surface area contributed by atoms with Gasteiger partial charge in [-0.3, -0.25) is 0 Å². The Kier molecular flexibility index (Phi) is 4.52. The summed E-state index contributed by atoms with van der Waals surface area (Å²) < 4.78 is 5.13. The van der Waals surface area contributed by atoms with Gasteiger partial charge >= 0.3 is 0 Å². The summed E-state index contributed by atoms with van der Waals surface area (Å²) in [6.07, 6.45) is 4.30. The number of rotatable bonds is 3. The Balaban J connectivity index is 2.12. The number of methoxy groups -OCH3 is 1. The van der Waals surface area contributed by atoms with E-state index in [1.54, 1.807) is 7.11 Å². The van der Waals surface area contributed by atoms with Gasteiger partial charge in [-0.25, -0.2) is 0 Å². The zero-order valence-corrected chi connectivity index (χ0v) is 11.8. The summed E-state index contributed by atoms with van der Waals surface area (Å²) in [6.45, 7) is 2.26. The molecule has 1 aromatic rings. The Morgan fingerprint density at radius 2 is 2.17 bits per heavy atom. The molecule has 1 fully saturated rings. The monoisotopic (exact) mass is 268 g/mol. The molecule has 3 heteroatoms. The first-order chi connectivity index (χ1) is 8.61. The van der Waals surface area contributed by atoms with Crippen LogP contribution in [-0.4, -0.2) is 12.2 Å². The van der Waals surface area contributed by atoms with Gasteiger partial charge in [0.1, 0.15) is 5.75 Å². The fourth-order valence-electron chi connectivity index (χ4n) is 2.91. The van der Waals surface area contributed by atoms with Crippen LogP contribution >= 0.6 is 11.6 Å². The molecule has 0 aliphatic heterocycles. The van der Waals surface area contributed by atoms with Gasteiger partial charge in [-0.05, 0) is 42.4 Å². The van der Waals surface area contributed by atoms with E-state index in [4.69, 9.17) is 16.3 Å². The topological polar surface area (TPSA) is 29.5 Å². The van der Waals surface area contributed by atoms with E-state index in [1.165, 1.54) is 12.8 Å². The molecule has 18 heavy (non-hydrogen) atoms. The summed E-state index contributed by atoms with van der Waals surface area (Å²) in [5.74, 6) is 1.73. The van der Waals surface area contributed by atoms with E-state index in [2.05, 4.69) is 6.92 Å². The van der Waals surface area contributed by atoms with Gasteiger partial charge in [-0.1, -0.05) is 37.4 Å². The summed E-state index contributed by atoms with van der Waals surface area (Å²) in [5, 5.41) is 11.0. The average Bonchev–Trinajstić information content (AvgIpc) is 2.37. The molecule has 2 nitrogen and oxygen atoms in total. The molecule has 0 spiro atoms. The largest absolute Gasteiger partial charge is 0.495 e. The van der Waals surface area contributed by atoms with Crippen LogP contribution in [0.5, 0.6) is 5.75 Å². The fraction of sp³-hybridized carbons (Fsp3) is 0.600. The van der Waals surface area contributed by atoms with Crippen LogP contribution in [0.1, 0.15) is 44.3 Å². The lowest BCUT2D eigenvalue weighted by molar-refractivity contribution is 0.0714. The van der Waals surface area contributed by atoms with E-state index in [0.29, 0.717) is 22.6 Å². The number of aliphatic hydroxyl groups is 1. The van der Waals surface area contributed by atoms with Crippen LogP contribution in [0.15, 0.2) is 18.2 Å². The molecule has 2 rings (SSSR count). The number of aliphatic hydroxyl groups excluding tert-OH is 1. The highest BCUT2D eigenvalue weighted by molar-refractivity contribution is 6.32. The standard InChI is InChI=1S/C15H21ClO2/c1-10-4-3-5-11(8-10)15(17)12-6-7-14(18-2)13(16)9-12/h6-7,9-11,15,17H,3-5,8H2,1-2H3. The van der Waals surface area contributed by atoms with Gasteiger partial charge in [0, 0.05) is 0 Å². The lowest BCUT2D eigenvalue weighted by Gasteiger charge is -2.30. The molecule has 1 aliphatic carbocycles. The smallest absolute Gasteiger partial charge is 0.137 e. The van der Waals surface area contributed by atoms with Crippen molar-refractivity contribution in [1.29, 1.82) is 0 Å². The minimum Gasteiger partial charge on any atom is -0.495 e. The van der Waals surface area contributed by atoms with Crippen molar-refractivity contribution in [2.75, 3.05) is 7.11 Å². The highest BCUT2D eigenvalue weighted by atomic mass is 35.5. The van der Waals surface area contributed by atoms with Gasteiger partial charge in [0.25, 0.3) is 0 Å². The van der Waals surface area contributed by atoms with E-state index in [-0.39, 0.29) is 0 Å². The molecule has 0 heterocycles. The Bertz CT molecular complexity index is 405. The SMILES string of the molecule is COc1ccc(C(O)C2CCCC(C)C2)cc1Cl. The van der Waals surface area contributed by atoms with E-state index < -0.39 is 6.10 Å². The molecular formula is C15H21ClO2. The van der Waals surface area contributed by atoms with Gasteiger partial charge < -0.3 is 9.84 Å². The van der Waals surface area contributed by atoms with Crippen LogP contribution in [0.25, 0.3) is 0 Å². The van der Waals surface area contributed by atoms with Gasteiger partial charge in [0.15, 0.2) is 0 Å². The van der Waals surface area contributed by atoms with E-state index in [0.717, 1.165) is 18.4 Å². The van der Waals surface area contributed by atoms with Gasteiger partial charge in [-0.15, -0.1) is 0 Å². The molecule has 0 bridgehead atoms. The number of halogens is 1. The Morgan fingerprint density at radius 3 is 2.78 bits per heavy atom. The third-order valence-electron chi connectivity index (χ3n) is 3.94. The molecule has 3 unspecified atom stereocenters. The van der Waals surface area contributed by atoms with Crippen molar-refractivity contribution < 1.29 is 9.84 Å². The van der Waals surface area contributed by atoms with E-state index in [9.17, 15) is 5.11 Å². The van der Waals surface area contributed by atoms with Crippen molar-refractivity contribution in [3.63, 3.8) is 0 Å². The molecule has 1 N–H and O–H groups in total. The zero-order chi connectivity index (χ0) is 13.1. The first-order valence-corrected chi connectivity index (χ1v) is 7.01. The maximum absolute atomic E-state index is 10.5. The van der Waals surface area contributed by atoms with Crippen molar-refractivity contribution in [2.24, 2.45) is 11.8 Å². The van der Waals surface area contributed by atoms with Crippen LogP contribution in [0.3, 0.4) is 0 Å². The molecular weight excluding hydrogens is 248 g/mol. The summed E-state index contributed by atoms with van der Waals surface area (Å²) in [4.78, 5) is 0. The summed E-state index contributed by atoms with van der Waals surface area (Å²) in [6, 6.07) is 5.56. The lowest BCUT2D eigenvalue weighted by Crippen LogP contribution is -2.20. The Morgan fingerprint density at radius 1 is 1.39 bits per heavy atom. The number of hydrogen-bond donors (Lipinski definition) is 1. The molecule has 0 radical (unpaired) electrons. The first kappa shape index (κ1) is 13.7. The quantitative estimate of drug-likeness (QED) is 0.890. The van der Waals surface area contributed by atoms with Crippen molar-refractivity contribution in [2.45, 2.75) is 38.7 Å². The van der Waals surface area contributed by atoms with Crippen molar-refractivity contribution in [1.82, 2.24) is 0 Å². The van der Waals surface area contributed by atoms with Crippen LogP contribution in [0.4, 0.5) is 0 Å². The third-order valence-corrected chi connectivity index (χ3v) is 4.24. The predicted octanol–water partition coefficient (Wildman–Crippen LogP) is 4.21. The Labute approximate surface area is 114 Å². The minimum atomic E-state index is -0.406. The van der Waals surface area contributed by atoms with Gasteiger partial charge in [0.05, 0.1) is 18.2 Å². The molecule has 0 saturated heterocycles. The van der Waals surface area contributed by atoms with E-state index >= 15 is 0 Å². The molecule has 0 aromatic heterocycles.